The number of methoxy groups -OCH3 is 1. The van der Waals surface area contributed by atoms with Crippen LogP contribution in [0.4, 0.5) is 4.39 Å². The van der Waals surface area contributed by atoms with Gasteiger partial charge in [0.15, 0.2) is 0 Å². The summed E-state index contributed by atoms with van der Waals surface area (Å²) in [5.74, 6) is -0.494. The van der Waals surface area contributed by atoms with E-state index in [4.69, 9.17) is 22.1 Å². The largest absolute Gasteiger partial charge is 0.388 e. The number of halogens is 2. The van der Waals surface area contributed by atoms with Crippen molar-refractivity contribution >= 4 is 11.6 Å². The summed E-state index contributed by atoms with van der Waals surface area (Å²) in [6.45, 7) is 0.554. The Bertz CT molecular complexity index is 362. The minimum absolute atomic E-state index is 0.00649. The Balaban J connectivity index is 2.57. The summed E-state index contributed by atoms with van der Waals surface area (Å²) in [5, 5.41) is 9.91. The van der Waals surface area contributed by atoms with Crippen molar-refractivity contribution in [2.75, 3.05) is 13.7 Å². The van der Waals surface area contributed by atoms with Crippen molar-refractivity contribution in [3.63, 3.8) is 0 Å². The van der Waals surface area contributed by atoms with Gasteiger partial charge >= 0.3 is 0 Å². The maximum Gasteiger partial charge on any atom is 0.141 e. The molecule has 0 aliphatic rings. The van der Waals surface area contributed by atoms with Crippen molar-refractivity contribution in [2.24, 2.45) is 5.73 Å². The van der Waals surface area contributed by atoms with Gasteiger partial charge in [0.1, 0.15) is 5.82 Å². The second-order valence-electron chi connectivity index (χ2n) is 3.97. The predicted octanol–water partition coefficient (Wildman–Crippen LogP) is 2.27. The van der Waals surface area contributed by atoms with Crippen LogP contribution in [-0.4, -0.2) is 24.9 Å². The maximum atomic E-state index is 12.9. The lowest BCUT2D eigenvalue weighted by molar-refractivity contribution is 0.141. The van der Waals surface area contributed by atoms with Gasteiger partial charge in [-0.2, -0.15) is 0 Å². The Labute approximate surface area is 105 Å². The van der Waals surface area contributed by atoms with Gasteiger partial charge in [0.25, 0.3) is 0 Å². The molecule has 1 aromatic carbocycles. The molecule has 1 rings (SSSR count). The van der Waals surface area contributed by atoms with Crippen LogP contribution < -0.4 is 5.73 Å². The average Bonchev–Trinajstić information content (AvgIpc) is 2.30. The van der Waals surface area contributed by atoms with Crippen LogP contribution in [0.5, 0.6) is 0 Å². The molecule has 0 spiro atoms. The fourth-order valence-electron chi connectivity index (χ4n) is 1.53. The number of hydrogen-bond acceptors (Lipinski definition) is 3. The standard InChI is InChI=1S/C12H17ClFNO2/c1-17-5-4-9(15)7-12(16)8-2-3-11(14)10(13)6-8/h2-3,6,9,12,16H,4-5,7,15H2,1H3. The third kappa shape index (κ3) is 4.60. The number of aliphatic hydroxyl groups is 1. The van der Waals surface area contributed by atoms with Crippen molar-refractivity contribution in [2.45, 2.75) is 25.0 Å². The van der Waals surface area contributed by atoms with Gasteiger partial charge in [0, 0.05) is 19.8 Å². The molecular weight excluding hydrogens is 245 g/mol. The molecule has 0 aliphatic heterocycles. The summed E-state index contributed by atoms with van der Waals surface area (Å²) in [4.78, 5) is 0. The minimum atomic E-state index is -0.736. The molecule has 5 heteroatoms. The molecule has 17 heavy (non-hydrogen) atoms. The number of rotatable bonds is 6. The van der Waals surface area contributed by atoms with Gasteiger partial charge in [-0.25, -0.2) is 4.39 Å². The summed E-state index contributed by atoms with van der Waals surface area (Å²) in [7, 11) is 1.60. The fraction of sp³-hybridized carbons (Fsp3) is 0.500. The zero-order valence-corrected chi connectivity index (χ0v) is 10.5. The molecule has 0 aliphatic carbocycles. The Kier molecular flexibility index (Phi) is 5.85. The first-order chi connectivity index (χ1) is 8.04. The molecule has 96 valence electrons. The van der Waals surface area contributed by atoms with Crippen LogP contribution in [0.3, 0.4) is 0 Å². The normalized spacial score (nSPS) is 14.6. The van der Waals surface area contributed by atoms with Gasteiger partial charge in [0.05, 0.1) is 11.1 Å². The van der Waals surface area contributed by atoms with E-state index in [1.165, 1.54) is 18.2 Å². The highest BCUT2D eigenvalue weighted by molar-refractivity contribution is 6.30. The van der Waals surface area contributed by atoms with Gasteiger partial charge in [-0.05, 0) is 30.5 Å². The molecule has 0 saturated heterocycles. The van der Waals surface area contributed by atoms with Crippen molar-refractivity contribution in [1.29, 1.82) is 0 Å². The van der Waals surface area contributed by atoms with E-state index in [1.54, 1.807) is 7.11 Å². The zero-order valence-electron chi connectivity index (χ0n) is 9.70. The van der Waals surface area contributed by atoms with Gasteiger partial charge in [-0.15, -0.1) is 0 Å². The first-order valence-corrected chi connectivity index (χ1v) is 5.80. The molecule has 0 saturated carbocycles. The third-order valence-corrected chi connectivity index (χ3v) is 2.84. The Morgan fingerprint density at radius 1 is 1.53 bits per heavy atom. The topological polar surface area (TPSA) is 55.5 Å². The minimum Gasteiger partial charge on any atom is -0.388 e. The number of ether oxygens (including phenoxy) is 1. The molecule has 3 N–H and O–H groups in total. The van der Waals surface area contributed by atoms with Gasteiger partial charge < -0.3 is 15.6 Å². The van der Waals surface area contributed by atoms with E-state index < -0.39 is 11.9 Å². The van der Waals surface area contributed by atoms with E-state index in [1.807, 2.05) is 0 Å². The summed E-state index contributed by atoms with van der Waals surface area (Å²) >= 11 is 5.64. The lowest BCUT2D eigenvalue weighted by atomic mass is 10.0. The number of nitrogens with two attached hydrogens (primary N) is 1. The van der Waals surface area contributed by atoms with Crippen molar-refractivity contribution in [3.8, 4) is 0 Å². The fourth-order valence-corrected chi connectivity index (χ4v) is 1.72. The van der Waals surface area contributed by atoms with Gasteiger partial charge in [0.2, 0.25) is 0 Å². The number of hydrogen-bond donors (Lipinski definition) is 2. The van der Waals surface area contributed by atoms with Gasteiger partial charge in [-0.1, -0.05) is 17.7 Å². The third-order valence-electron chi connectivity index (χ3n) is 2.55. The SMILES string of the molecule is COCCC(N)CC(O)c1ccc(F)c(Cl)c1. The molecule has 0 radical (unpaired) electrons. The lowest BCUT2D eigenvalue weighted by Gasteiger charge is -2.16. The van der Waals surface area contributed by atoms with Gasteiger partial charge in [-0.3, -0.25) is 0 Å². The lowest BCUT2D eigenvalue weighted by Crippen LogP contribution is -2.24. The van der Waals surface area contributed by atoms with Crippen LogP contribution in [0.25, 0.3) is 0 Å². The first-order valence-electron chi connectivity index (χ1n) is 5.42. The van der Waals surface area contributed by atoms with Crippen LogP contribution >= 0.6 is 11.6 Å². The smallest absolute Gasteiger partial charge is 0.141 e. The molecule has 0 bridgehead atoms. The Morgan fingerprint density at radius 3 is 2.82 bits per heavy atom. The monoisotopic (exact) mass is 261 g/mol. The molecule has 3 nitrogen and oxygen atoms in total. The van der Waals surface area contributed by atoms with Crippen molar-refractivity contribution in [3.05, 3.63) is 34.6 Å². The van der Waals surface area contributed by atoms with E-state index in [0.29, 0.717) is 25.0 Å². The zero-order chi connectivity index (χ0) is 12.8. The van der Waals surface area contributed by atoms with E-state index in [0.717, 1.165) is 0 Å². The van der Waals surface area contributed by atoms with Crippen molar-refractivity contribution < 1.29 is 14.2 Å². The van der Waals surface area contributed by atoms with Crippen LogP contribution in [0, 0.1) is 5.82 Å². The highest BCUT2D eigenvalue weighted by Crippen LogP contribution is 2.23. The molecular formula is C12H17ClFNO2. The van der Waals surface area contributed by atoms with E-state index in [9.17, 15) is 9.50 Å². The maximum absolute atomic E-state index is 12.9. The summed E-state index contributed by atoms with van der Waals surface area (Å²) < 4.78 is 17.8. The van der Waals surface area contributed by atoms with Crippen molar-refractivity contribution in [1.82, 2.24) is 0 Å². The Morgan fingerprint density at radius 2 is 2.24 bits per heavy atom. The molecule has 2 atom stereocenters. The second-order valence-corrected chi connectivity index (χ2v) is 4.37. The number of benzene rings is 1. The highest BCUT2D eigenvalue weighted by atomic mass is 35.5. The Hall–Kier alpha value is -0.680. The van der Waals surface area contributed by atoms with Crippen LogP contribution in [-0.2, 0) is 4.74 Å². The molecule has 2 unspecified atom stereocenters. The molecule has 1 aromatic rings. The van der Waals surface area contributed by atoms with Crippen LogP contribution in [0.2, 0.25) is 5.02 Å². The molecule has 0 heterocycles. The average molecular weight is 262 g/mol. The summed E-state index contributed by atoms with van der Waals surface area (Å²) in [6, 6.07) is 4.01. The molecule has 0 fully saturated rings. The summed E-state index contributed by atoms with van der Waals surface area (Å²) in [5.41, 5.74) is 6.39. The second kappa shape index (κ2) is 6.91. The van der Waals surface area contributed by atoms with E-state index in [-0.39, 0.29) is 11.1 Å². The molecule has 0 amide bonds. The number of aliphatic hydroxyl groups excluding tert-OH is 1. The highest BCUT2D eigenvalue weighted by Gasteiger charge is 2.14. The quantitative estimate of drug-likeness (QED) is 0.826. The predicted molar refractivity (Wildman–Crippen MR) is 65.5 cm³/mol. The van der Waals surface area contributed by atoms with Crippen LogP contribution in [0.15, 0.2) is 18.2 Å². The van der Waals surface area contributed by atoms with E-state index >= 15 is 0 Å². The van der Waals surface area contributed by atoms with E-state index in [2.05, 4.69) is 0 Å². The summed E-state index contributed by atoms with van der Waals surface area (Å²) in [6.07, 6.45) is 0.327. The first kappa shape index (κ1) is 14.4. The van der Waals surface area contributed by atoms with Crippen LogP contribution in [0.1, 0.15) is 24.5 Å². The molecule has 0 aromatic heterocycles.